The first-order valence-corrected chi connectivity index (χ1v) is 10.4. The van der Waals surface area contributed by atoms with Crippen molar-refractivity contribution >= 4 is 15.8 Å². The van der Waals surface area contributed by atoms with Gasteiger partial charge in [-0.15, -0.1) is 0 Å². The highest BCUT2D eigenvalue weighted by Gasteiger charge is 2.28. The molecule has 0 radical (unpaired) electrons. The molecule has 0 bridgehead atoms. The van der Waals surface area contributed by atoms with Crippen LogP contribution in [0.4, 0.5) is 0 Å². The first-order chi connectivity index (χ1) is 11.6. The predicted molar refractivity (Wildman–Crippen MR) is 102 cm³/mol. The van der Waals surface area contributed by atoms with Crippen molar-refractivity contribution in [2.24, 2.45) is 4.99 Å². The highest BCUT2D eigenvalue weighted by Crippen LogP contribution is 2.22. The van der Waals surface area contributed by atoms with Crippen molar-refractivity contribution in [3.63, 3.8) is 0 Å². The van der Waals surface area contributed by atoms with Gasteiger partial charge in [-0.2, -0.15) is 0 Å². The minimum absolute atomic E-state index is 0.0539. The van der Waals surface area contributed by atoms with E-state index in [4.69, 9.17) is 4.52 Å². The molecule has 8 heteroatoms. The summed E-state index contributed by atoms with van der Waals surface area (Å²) in [6.45, 7) is 10.1. The molecule has 0 aliphatic heterocycles. The van der Waals surface area contributed by atoms with E-state index in [1.165, 1.54) is 0 Å². The van der Waals surface area contributed by atoms with E-state index in [0.717, 1.165) is 24.3 Å². The highest BCUT2D eigenvalue weighted by molar-refractivity contribution is 7.92. The Kier molecular flexibility index (Phi) is 7.92. The SMILES string of the molecule is CCC(CC)c1cc(CNC(=NC)NCCS(=O)(=O)C(C)(C)C)on1. The Balaban J connectivity index is 2.50. The second kappa shape index (κ2) is 9.22. The summed E-state index contributed by atoms with van der Waals surface area (Å²) in [5, 5.41) is 10.3. The molecule has 2 N–H and O–H groups in total. The van der Waals surface area contributed by atoms with Gasteiger partial charge in [0.15, 0.2) is 21.6 Å². The van der Waals surface area contributed by atoms with Gasteiger partial charge < -0.3 is 15.2 Å². The minimum atomic E-state index is -3.15. The average molecular weight is 373 g/mol. The molecule has 1 aromatic heterocycles. The summed E-state index contributed by atoms with van der Waals surface area (Å²) in [7, 11) is -1.51. The number of nitrogens with zero attached hydrogens (tertiary/aromatic N) is 2. The Bertz CT molecular complexity index is 656. The molecule has 0 amide bonds. The van der Waals surface area contributed by atoms with Crippen LogP contribution in [0.2, 0.25) is 0 Å². The van der Waals surface area contributed by atoms with Gasteiger partial charge in [-0.1, -0.05) is 19.0 Å². The zero-order chi connectivity index (χ0) is 19.1. The van der Waals surface area contributed by atoms with Crippen LogP contribution in [0.5, 0.6) is 0 Å². The Morgan fingerprint density at radius 3 is 2.44 bits per heavy atom. The number of hydrogen-bond acceptors (Lipinski definition) is 5. The van der Waals surface area contributed by atoms with E-state index < -0.39 is 14.6 Å². The molecule has 0 spiro atoms. The molecule has 0 unspecified atom stereocenters. The molecule has 0 fully saturated rings. The summed E-state index contributed by atoms with van der Waals surface area (Å²) in [5.41, 5.74) is 0.973. The van der Waals surface area contributed by atoms with Crippen LogP contribution in [0.25, 0.3) is 0 Å². The fraction of sp³-hybridized carbons (Fsp3) is 0.765. The average Bonchev–Trinajstić information content (AvgIpc) is 2.99. The lowest BCUT2D eigenvalue weighted by atomic mass is 9.99. The molecule has 0 saturated heterocycles. The van der Waals surface area contributed by atoms with E-state index in [0.29, 0.717) is 25.0 Å². The third-order valence-electron chi connectivity index (χ3n) is 4.23. The van der Waals surface area contributed by atoms with Gasteiger partial charge in [0.2, 0.25) is 0 Å². The number of aromatic nitrogens is 1. The van der Waals surface area contributed by atoms with Crippen molar-refractivity contribution in [2.45, 2.75) is 64.7 Å². The number of rotatable bonds is 8. The fourth-order valence-corrected chi connectivity index (χ4v) is 3.30. The molecule has 0 aromatic carbocycles. The Labute approximate surface area is 151 Å². The van der Waals surface area contributed by atoms with Crippen molar-refractivity contribution in [3.8, 4) is 0 Å². The third-order valence-corrected chi connectivity index (χ3v) is 6.84. The number of sulfone groups is 1. The van der Waals surface area contributed by atoms with Crippen LogP contribution in [-0.2, 0) is 16.4 Å². The largest absolute Gasteiger partial charge is 0.359 e. The number of nitrogens with one attached hydrogen (secondary N) is 2. The lowest BCUT2D eigenvalue weighted by Crippen LogP contribution is -2.41. The van der Waals surface area contributed by atoms with Crippen molar-refractivity contribution in [3.05, 3.63) is 17.5 Å². The highest BCUT2D eigenvalue weighted by atomic mass is 32.2. The van der Waals surface area contributed by atoms with Gasteiger partial charge in [-0.05, 0) is 33.6 Å². The molecule has 1 rings (SSSR count). The van der Waals surface area contributed by atoms with Crippen LogP contribution < -0.4 is 10.6 Å². The summed E-state index contributed by atoms with van der Waals surface area (Å²) < 4.78 is 28.8. The molecule has 7 nitrogen and oxygen atoms in total. The first kappa shape index (κ1) is 21.5. The summed E-state index contributed by atoms with van der Waals surface area (Å²) in [5.74, 6) is 1.73. The standard InChI is InChI=1S/C17H32N4O3S/c1-7-13(8-2)15-11-14(24-21-15)12-20-16(18-6)19-9-10-25(22,23)17(3,4)5/h11,13H,7-10,12H2,1-6H3,(H2,18,19,20). The molecule has 1 heterocycles. The van der Waals surface area contributed by atoms with Crippen LogP contribution in [0.15, 0.2) is 15.6 Å². The van der Waals surface area contributed by atoms with Crippen molar-refractivity contribution in [1.82, 2.24) is 15.8 Å². The Hall–Kier alpha value is -1.57. The van der Waals surface area contributed by atoms with Crippen LogP contribution in [0.1, 0.15) is 64.8 Å². The van der Waals surface area contributed by atoms with Crippen molar-refractivity contribution in [2.75, 3.05) is 19.3 Å². The number of hydrogen-bond donors (Lipinski definition) is 2. The zero-order valence-corrected chi connectivity index (χ0v) is 17.0. The monoisotopic (exact) mass is 372 g/mol. The van der Waals surface area contributed by atoms with E-state index >= 15 is 0 Å². The Morgan fingerprint density at radius 1 is 1.28 bits per heavy atom. The summed E-state index contributed by atoms with van der Waals surface area (Å²) >= 11 is 0. The molecule has 0 aliphatic rings. The normalized spacial score (nSPS) is 13.3. The van der Waals surface area contributed by atoms with Crippen LogP contribution in [-0.4, -0.2) is 43.6 Å². The van der Waals surface area contributed by atoms with E-state index in [2.05, 4.69) is 34.6 Å². The first-order valence-electron chi connectivity index (χ1n) is 8.76. The molecular weight excluding hydrogens is 340 g/mol. The molecule has 25 heavy (non-hydrogen) atoms. The Morgan fingerprint density at radius 2 is 1.92 bits per heavy atom. The van der Waals surface area contributed by atoms with E-state index in [-0.39, 0.29) is 5.75 Å². The van der Waals surface area contributed by atoms with Gasteiger partial charge in [0.1, 0.15) is 0 Å². The van der Waals surface area contributed by atoms with Crippen molar-refractivity contribution < 1.29 is 12.9 Å². The second-order valence-corrected chi connectivity index (χ2v) is 9.88. The maximum Gasteiger partial charge on any atom is 0.191 e. The maximum atomic E-state index is 12.1. The smallest absolute Gasteiger partial charge is 0.191 e. The van der Waals surface area contributed by atoms with Crippen LogP contribution in [0.3, 0.4) is 0 Å². The maximum absolute atomic E-state index is 12.1. The third kappa shape index (κ3) is 6.34. The van der Waals surface area contributed by atoms with Crippen molar-refractivity contribution in [1.29, 1.82) is 0 Å². The molecule has 0 aliphatic carbocycles. The van der Waals surface area contributed by atoms with E-state index in [1.807, 2.05) is 6.07 Å². The van der Waals surface area contributed by atoms with Crippen LogP contribution in [0, 0.1) is 0 Å². The molecule has 0 saturated carbocycles. The lowest BCUT2D eigenvalue weighted by Gasteiger charge is -2.19. The van der Waals surface area contributed by atoms with Gasteiger partial charge in [0, 0.05) is 25.6 Å². The van der Waals surface area contributed by atoms with E-state index in [1.54, 1.807) is 27.8 Å². The van der Waals surface area contributed by atoms with Gasteiger partial charge in [0.05, 0.1) is 22.7 Å². The van der Waals surface area contributed by atoms with Gasteiger partial charge >= 0.3 is 0 Å². The second-order valence-electron chi connectivity index (χ2n) is 7.02. The quantitative estimate of drug-likeness (QED) is 0.537. The topological polar surface area (TPSA) is 96.6 Å². The molecule has 144 valence electrons. The lowest BCUT2D eigenvalue weighted by molar-refractivity contribution is 0.368. The molecule has 1 aromatic rings. The van der Waals surface area contributed by atoms with Gasteiger partial charge in [0.25, 0.3) is 0 Å². The van der Waals surface area contributed by atoms with Gasteiger partial charge in [-0.25, -0.2) is 8.42 Å². The summed E-state index contributed by atoms with van der Waals surface area (Å²) in [6, 6.07) is 1.96. The number of aliphatic imine (C=N–C) groups is 1. The molecule has 0 atom stereocenters. The fourth-order valence-electron chi connectivity index (χ4n) is 2.31. The summed E-state index contributed by atoms with van der Waals surface area (Å²) in [6.07, 6.45) is 2.06. The zero-order valence-electron chi connectivity index (χ0n) is 16.2. The predicted octanol–water partition coefficient (Wildman–Crippen LogP) is 2.46. The van der Waals surface area contributed by atoms with Crippen LogP contribution >= 0.6 is 0 Å². The summed E-state index contributed by atoms with van der Waals surface area (Å²) in [4.78, 5) is 4.10. The van der Waals surface area contributed by atoms with E-state index in [9.17, 15) is 8.42 Å². The molecular formula is C17H32N4O3S. The number of guanidine groups is 1. The van der Waals surface area contributed by atoms with Gasteiger partial charge in [-0.3, -0.25) is 4.99 Å². The minimum Gasteiger partial charge on any atom is -0.359 e.